The molecule has 0 unspecified atom stereocenters. The molecule has 5 fully saturated rings. The average molecular weight is 1100 g/mol. The number of carbonyl (C=O) groups excluding carboxylic acids is 2. The van der Waals surface area contributed by atoms with E-state index in [-0.39, 0.29) is 64.9 Å². The lowest BCUT2D eigenvalue weighted by Gasteiger charge is -2.56. The second kappa shape index (κ2) is 21.1. The Kier molecular flexibility index (Phi) is 14.5. The topological polar surface area (TPSA) is 231 Å². The van der Waals surface area contributed by atoms with Crippen molar-refractivity contribution in [1.29, 1.82) is 0 Å². The number of hydrogen-bond acceptors (Lipinski definition) is 15. The Labute approximate surface area is 461 Å². The van der Waals surface area contributed by atoms with E-state index >= 15 is 0 Å². The van der Waals surface area contributed by atoms with E-state index in [2.05, 4.69) is 62.9 Å². The number of sulfonamides is 1. The number of piperidine rings is 1. The van der Waals surface area contributed by atoms with Crippen LogP contribution < -0.4 is 29.1 Å². The fraction of sp³-hybridized carbons (Fsp3) is 0.542. The van der Waals surface area contributed by atoms with E-state index < -0.39 is 54.8 Å². The second-order valence-corrected chi connectivity index (χ2v) is 26.3. The van der Waals surface area contributed by atoms with Crippen molar-refractivity contribution in [1.82, 2.24) is 24.5 Å². The van der Waals surface area contributed by atoms with Gasteiger partial charge in [-0.15, -0.1) is 0 Å². The number of H-pyrrole nitrogens is 1. The first-order valence-electron chi connectivity index (χ1n) is 28.2. The van der Waals surface area contributed by atoms with Gasteiger partial charge in [-0.3, -0.25) is 19.8 Å². The zero-order chi connectivity index (χ0) is 55.6. The summed E-state index contributed by atoms with van der Waals surface area (Å²) in [5, 5.41) is 27.0. The number of aliphatic hydroxyl groups is 1. The molecule has 79 heavy (non-hydrogen) atoms. The summed E-state index contributed by atoms with van der Waals surface area (Å²) >= 11 is 0. The lowest BCUT2D eigenvalue weighted by molar-refractivity contribution is -0.384. The van der Waals surface area contributed by atoms with Crippen molar-refractivity contribution in [2.24, 2.45) is 11.3 Å². The van der Waals surface area contributed by atoms with E-state index in [4.69, 9.17) is 23.9 Å². The lowest BCUT2D eigenvalue weighted by Crippen LogP contribution is -2.54. The monoisotopic (exact) mass is 1100 g/mol. The molecule has 3 atom stereocenters. The van der Waals surface area contributed by atoms with Crippen LogP contribution in [0.5, 0.6) is 23.1 Å². The molecule has 422 valence electrons. The summed E-state index contributed by atoms with van der Waals surface area (Å²) in [6.07, 6.45) is 10.5. The smallest absolute Gasteiger partial charge is 0.410 e. The van der Waals surface area contributed by atoms with Gasteiger partial charge in [-0.2, -0.15) is 4.98 Å². The van der Waals surface area contributed by atoms with Gasteiger partial charge in [-0.25, -0.2) is 17.9 Å². The Morgan fingerprint density at radius 2 is 1.71 bits per heavy atom. The summed E-state index contributed by atoms with van der Waals surface area (Å²) < 4.78 is 55.7. The van der Waals surface area contributed by atoms with E-state index in [0.717, 1.165) is 57.1 Å². The van der Waals surface area contributed by atoms with E-state index in [1.54, 1.807) is 36.2 Å². The first-order valence-corrected chi connectivity index (χ1v) is 29.6. The molecule has 0 bridgehead atoms. The minimum absolute atomic E-state index is 0.0264. The Hall–Kier alpha value is -6.64. The van der Waals surface area contributed by atoms with E-state index in [0.29, 0.717) is 67.7 Å². The van der Waals surface area contributed by atoms with Crippen molar-refractivity contribution in [3.63, 3.8) is 0 Å². The molecule has 3 saturated heterocycles. The zero-order valence-electron chi connectivity index (χ0n) is 46.1. The van der Waals surface area contributed by atoms with Gasteiger partial charge >= 0.3 is 6.09 Å². The highest BCUT2D eigenvalue weighted by molar-refractivity contribution is 7.90. The molecular formula is C59H74N8O11S. The number of nitrogens with zero attached hydrogens (tertiary/aromatic N) is 5. The van der Waals surface area contributed by atoms with Crippen molar-refractivity contribution in [2.45, 2.75) is 158 Å². The maximum absolute atomic E-state index is 14.6. The molecule has 4 aliphatic heterocycles. The molecule has 5 aromatic rings. The average Bonchev–Trinajstić information content (AvgIpc) is 4.25. The molecule has 3 aromatic carbocycles. The summed E-state index contributed by atoms with van der Waals surface area (Å²) in [5.41, 5.74) is 2.39. The Balaban J connectivity index is 0.852. The fourth-order valence-electron chi connectivity index (χ4n) is 13.1. The summed E-state index contributed by atoms with van der Waals surface area (Å²) in [5.74, 6) is -0.254. The third kappa shape index (κ3) is 11.4. The van der Waals surface area contributed by atoms with Crippen LogP contribution in [0, 0.1) is 21.4 Å². The number of benzene rings is 3. The number of ether oxygens (including phenoxy) is 4. The number of likely N-dealkylation sites (tertiary alicyclic amines) is 2. The SMILES string of the molecule is CC(C)c1ccccc1[C@@H]1CCCN1C1CC2(CCN(c3ccc(C(=O)NS(=O)(=O)c4cc5c(c([N+](=O)[O-])c4)N[C@@H]([C@H]4CC[C@](C)(O)CC4)CO5)c(Oc4cc5cc[nH]c5nc4O[C@H]4CCN(C(=O)OC(C)(C)C)C4)c3)CC2)C1. The number of pyridine rings is 1. The third-order valence-corrected chi connectivity index (χ3v) is 18.8. The molecule has 4 N–H and O–H groups in total. The van der Waals surface area contributed by atoms with Gasteiger partial charge in [-0.05, 0) is 151 Å². The highest BCUT2D eigenvalue weighted by Crippen LogP contribution is 2.55. The number of rotatable bonds is 13. The van der Waals surface area contributed by atoms with Crippen molar-refractivity contribution in [3.05, 3.63) is 99.7 Å². The maximum atomic E-state index is 14.6. The van der Waals surface area contributed by atoms with Gasteiger partial charge in [0.05, 0.1) is 33.6 Å². The number of hydrogen-bond donors (Lipinski definition) is 4. The van der Waals surface area contributed by atoms with Crippen LogP contribution in [-0.4, -0.2) is 119 Å². The van der Waals surface area contributed by atoms with Crippen LogP contribution >= 0.6 is 0 Å². The summed E-state index contributed by atoms with van der Waals surface area (Å²) in [7, 11) is -4.77. The van der Waals surface area contributed by atoms with Crippen LogP contribution in [0.2, 0.25) is 0 Å². The van der Waals surface area contributed by atoms with Crippen LogP contribution in [-0.2, 0) is 14.8 Å². The van der Waals surface area contributed by atoms with Crippen molar-refractivity contribution in [2.75, 3.05) is 49.5 Å². The van der Waals surface area contributed by atoms with Crippen LogP contribution in [0.1, 0.15) is 146 Å². The van der Waals surface area contributed by atoms with Crippen molar-refractivity contribution in [3.8, 4) is 23.1 Å². The Bertz CT molecular complexity index is 3240. The first kappa shape index (κ1) is 54.3. The maximum Gasteiger partial charge on any atom is 0.410 e. The molecule has 2 saturated carbocycles. The molecule has 6 aliphatic rings. The van der Waals surface area contributed by atoms with Gasteiger partial charge < -0.3 is 44.2 Å². The largest absolute Gasteiger partial charge is 0.489 e. The highest BCUT2D eigenvalue weighted by Gasteiger charge is 2.50. The molecule has 0 radical (unpaired) electrons. The Morgan fingerprint density at radius 3 is 2.44 bits per heavy atom. The van der Waals surface area contributed by atoms with Gasteiger partial charge in [0.2, 0.25) is 0 Å². The molecular weight excluding hydrogens is 1030 g/mol. The second-order valence-electron chi connectivity index (χ2n) is 24.6. The van der Waals surface area contributed by atoms with Crippen molar-refractivity contribution < 1.29 is 47.0 Å². The summed E-state index contributed by atoms with van der Waals surface area (Å²) in [6.45, 7) is 15.2. The molecule has 1 spiro atoms. The number of fused-ring (bicyclic) bond motifs is 2. The van der Waals surface area contributed by atoms with Crippen LogP contribution in [0.15, 0.2) is 77.8 Å². The minimum Gasteiger partial charge on any atom is -0.489 e. The van der Waals surface area contributed by atoms with Gasteiger partial charge in [0.15, 0.2) is 17.2 Å². The molecule has 11 rings (SSSR count). The fourth-order valence-corrected chi connectivity index (χ4v) is 14.1. The highest BCUT2D eigenvalue weighted by atomic mass is 32.2. The molecule has 2 amide bonds. The van der Waals surface area contributed by atoms with Gasteiger partial charge in [-0.1, -0.05) is 38.1 Å². The molecule has 2 aromatic heterocycles. The number of amides is 2. The molecule has 6 heterocycles. The van der Waals surface area contributed by atoms with Gasteiger partial charge in [0.1, 0.15) is 29.7 Å². The predicted molar refractivity (Wildman–Crippen MR) is 299 cm³/mol. The standard InChI is InChI=1S/C59H74N8O11S/c1-36(2)43-10-7-8-11-44(43)47-12-9-24-66(47)40-32-59(33-40)21-26-64(27-22-59)39-13-14-45(49(29-39)77-51-28-38-17-23-60-53(38)62-55(51)76-41-18-25-65(34-41)56(69)78-57(3,4)5)54(68)63-79(73,74)42-30-48(67(71)72)52-50(31-42)75-35-46(61-52)37-15-19-58(6,70)20-16-37/h7-8,10-11,13-14,17,23,28-31,36-37,40-41,46-47,61,70H,9,12,15-16,18-22,24-27,32-35H2,1-6H3,(H,60,62)(H,63,68)/t37-,41-,46+,47-,58-/m0/s1. The lowest BCUT2D eigenvalue weighted by atomic mass is 9.59. The number of nitro benzene ring substituents is 1. The van der Waals surface area contributed by atoms with E-state index in [1.165, 1.54) is 36.1 Å². The molecule has 2 aliphatic carbocycles. The number of carbonyl (C=O) groups is 2. The summed E-state index contributed by atoms with van der Waals surface area (Å²) in [4.78, 5) is 53.5. The first-order chi connectivity index (χ1) is 37.6. The predicted octanol–water partition coefficient (Wildman–Crippen LogP) is 10.6. The quantitative estimate of drug-likeness (QED) is 0.0635. The van der Waals surface area contributed by atoms with E-state index in [9.17, 15) is 33.2 Å². The van der Waals surface area contributed by atoms with Crippen molar-refractivity contribution >= 4 is 50.1 Å². The number of aromatic nitrogens is 2. The molecule has 19 nitrogen and oxygen atoms in total. The van der Waals surface area contributed by atoms with Gasteiger partial charge in [0, 0.05) is 73.6 Å². The number of nitro groups is 1. The number of nitrogens with one attached hydrogen (secondary N) is 3. The number of aromatic amines is 1. The number of anilines is 2. The van der Waals surface area contributed by atoms with E-state index in [1.807, 2.05) is 26.8 Å². The van der Waals surface area contributed by atoms with Crippen LogP contribution in [0.4, 0.5) is 21.9 Å². The van der Waals surface area contributed by atoms with Crippen LogP contribution in [0.3, 0.4) is 0 Å². The zero-order valence-corrected chi connectivity index (χ0v) is 46.9. The van der Waals surface area contributed by atoms with Gasteiger partial charge in [0.25, 0.3) is 27.5 Å². The Morgan fingerprint density at radius 1 is 0.949 bits per heavy atom. The summed E-state index contributed by atoms with van der Waals surface area (Å²) in [6, 6.07) is 20.4. The van der Waals surface area contributed by atoms with Crippen LogP contribution in [0.25, 0.3) is 11.0 Å². The normalized spacial score (nSPS) is 24.4. The minimum atomic E-state index is -4.77. The molecule has 20 heteroatoms. The third-order valence-electron chi connectivity index (χ3n) is 17.5.